The summed E-state index contributed by atoms with van der Waals surface area (Å²) in [5.41, 5.74) is 0.648. The van der Waals surface area contributed by atoms with Gasteiger partial charge in [-0.15, -0.1) is 0 Å². The molecule has 0 aliphatic carbocycles. The van der Waals surface area contributed by atoms with Crippen LogP contribution in [-0.2, 0) is 11.2 Å². The Balaban J connectivity index is 1.77. The van der Waals surface area contributed by atoms with Crippen molar-refractivity contribution in [2.45, 2.75) is 63.8 Å². The van der Waals surface area contributed by atoms with Gasteiger partial charge in [0, 0.05) is 25.7 Å². The molecule has 0 unspecified atom stereocenters. The summed E-state index contributed by atoms with van der Waals surface area (Å²) in [6.45, 7) is 7.97. The fraction of sp³-hybridized carbons (Fsp3) is 0.667. The van der Waals surface area contributed by atoms with E-state index < -0.39 is 5.60 Å². The summed E-state index contributed by atoms with van der Waals surface area (Å²) >= 11 is 0. The third kappa shape index (κ3) is 5.14. The van der Waals surface area contributed by atoms with E-state index in [1.54, 1.807) is 7.11 Å². The molecule has 0 aromatic heterocycles. The fourth-order valence-corrected chi connectivity index (χ4v) is 4.01. The van der Waals surface area contributed by atoms with Gasteiger partial charge in [-0.25, -0.2) is 4.79 Å². The number of hydrogen-bond donors (Lipinski definition) is 1. The van der Waals surface area contributed by atoms with Crippen LogP contribution in [-0.4, -0.2) is 71.5 Å². The zero-order valence-electron chi connectivity index (χ0n) is 16.9. The Labute approximate surface area is 162 Å². The number of amides is 1. The number of carbonyl (C=O) groups is 1. The molecule has 1 aromatic rings. The van der Waals surface area contributed by atoms with Gasteiger partial charge in [0.05, 0.1) is 19.3 Å². The average Bonchev–Trinajstić information content (AvgIpc) is 2.60. The van der Waals surface area contributed by atoms with Crippen molar-refractivity contribution >= 4 is 6.09 Å². The predicted octanol–water partition coefficient (Wildman–Crippen LogP) is 2.68. The van der Waals surface area contributed by atoms with E-state index in [2.05, 4.69) is 17.0 Å². The number of ether oxygens (including phenoxy) is 2. The molecule has 1 aromatic carbocycles. The van der Waals surface area contributed by atoms with Gasteiger partial charge in [0.25, 0.3) is 0 Å². The number of piperazine rings is 1. The van der Waals surface area contributed by atoms with E-state index in [9.17, 15) is 9.90 Å². The van der Waals surface area contributed by atoms with Crippen molar-refractivity contribution in [2.75, 3.05) is 26.7 Å². The van der Waals surface area contributed by atoms with Crippen molar-refractivity contribution in [2.24, 2.45) is 0 Å². The van der Waals surface area contributed by atoms with Crippen LogP contribution in [0, 0.1) is 0 Å². The van der Waals surface area contributed by atoms with E-state index in [0.29, 0.717) is 13.0 Å². The van der Waals surface area contributed by atoms with E-state index in [1.807, 2.05) is 37.8 Å². The molecule has 2 saturated heterocycles. The van der Waals surface area contributed by atoms with Gasteiger partial charge >= 0.3 is 6.09 Å². The molecule has 2 aliphatic rings. The molecule has 6 heteroatoms. The molecule has 3 atom stereocenters. The number of nitrogens with zero attached hydrogens (tertiary/aromatic N) is 2. The zero-order chi connectivity index (χ0) is 19.6. The van der Waals surface area contributed by atoms with Crippen LogP contribution in [0.25, 0.3) is 0 Å². The van der Waals surface area contributed by atoms with Gasteiger partial charge in [0.2, 0.25) is 0 Å². The molecule has 150 valence electrons. The summed E-state index contributed by atoms with van der Waals surface area (Å²) in [5.74, 6) is 0.830. The van der Waals surface area contributed by atoms with Gasteiger partial charge in [-0.2, -0.15) is 0 Å². The minimum absolute atomic E-state index is 0.0553. The van der Waals surface area contributed by atoms with Crippen LogP contribution in [0.3, 0.4) is 0 Å². The van der Waals surface area contributed by atoms with E-state index >= 15 is 0 Å². The Morgan fingerprint density at radius 3 is 2.56 bits per heavy atom. The minimum Gasteiger partial charge on any atom is -0.497 e. The first-order chi connectivity index (χ1) is 12.7. The van der Waals surface area contributed by atoms with Gasteiger partial charge in [0.15, 0.2) is 0 Å². The van der Waals surface area contributed by atoms with Crippen LogP contribution < -0.4 is 4.74 Å². The number of aliphatic hydroxyl groups is 1. The quantitative estimate of drug-likeness (QED) is 0.879. The molecule has 1 amide bonds. The molecule has 2 fully saturated rings. The summed E-state index contributed by atoms with van der Waals surface area (Å²) in [6.07, 6.45) is 1.76. The molecule has 2 aliphatic heterocycles. The molecule has 1 N–H and O–H groups in total. The van der Waals surface area contributed by atoms with E-state index in [0.717, 1.165) is 31.7 Å². The molecule has 27 heavy (non-hydrogen) atoms. The van der Waals surface area contributed by atoms with E-state index in [1.165, 1.54) is 5.56 Å². The maximum Gasteiger partial charge on any atom is 0.410 e. The highest BCUT2D eigenvalue weighted by molar-refractivity contribution is 5.69. The van der Waals surface area contributed by atoms with Gasteiger partial charge in [0.1, 0.15) is 11.4 Å². The number of methoxy groups -OCH3 is 1. The van der Waals surface area contributed by atoms with E-state index in [-0.39, 0.29) is 24.3 Å². The average molecular weight is 376 g/mol. The summed E-state index contributed by atoms with van der Waals surface area (Å²) in [5, 5.41) is 10.0. The smallest absolute Gasteiger partial charge is 0.410 e. The summed E-state index contributed by atoms with van der Waals surface area (Å²) < 4.78 is 10.9. The molecule has 0 radical (unpaired) electrons. The van der Waals surface area contributed by atoms with Crippen LogP contribution >= 0.6 is 0 Å². The van der Waals surface area contributed by atoms with Crippen molar-refractivity contribution in [1.82, 2.24) is 9.80 Å². The van der Waals surface area contributed by atoms with Gasteiger partial charge in [-0.3, -0.25) is 4.90 Å². The van der Waals surface area contributed by atoms with Gasteiger partial charge in [-0.05, 0) is 57.7 Å². The summed E-state index contributed by atoms with van der Waals surface area (Å²) in [7, 11) is 1.66. The summed E-state index contributed by atoms with van der Waals surface area (Å²) in [4.78, 5) is 17.2. The van der Waals surface area contributed by atoms with Crippen molar-refractivity contribution in [3.8, 4) is 5.75 Å². The number of rotatable bonds is 3. The van der Waals surface area contributed by atoms with Crippen molar-refractivity contribution in [3.63, 3.8) is 0 Å². The lowest BCUT2D eigenvalue weighted by atomic mass is 9.93. The number of fused-ring (bicyclic) bond motifs is 1. The lowest BCUT2D eigenvalue weighted by molar-refractivity contribution is -0.0427. The first-order valence-electron chi connectivity index (χ1n) is 9.80. The normalized spacial score (nSPS) is 26.4. The highest BCUT2D eigenvalue weighted by Crippen LogP contribution is 2.27. The topological polar surface area (TPSA) is 62.2 Å². The number of hydrogen-bond acceptors (Lipinski definition) is 5. The SMILES string of the molecule is COc1ccc(C[C@H]2CN3CC[C@H](O)C[C@@H]3CN2C(=O)OC(C)(C)C)cc1. The first kappa shape index (κ1) is 20.0. The van der Waals surface area contributed by atoms with Crippen molar-refractivity contribution < 1.29 is 19.4 Å². The Bertz CT molecular complexity index is 641. The molecule has 0 saturated carbocycles. The number of benzene rings is 1. The second-order valence-corrected chi connectivity index (χ2v) is 8.67. The molecule has 0 spiro atoms. The monoisotopic (exact) mass is 376 g/mol. The van der Waals surface area contributed by atoms with Crippen molar-refractivity contribution in [3.05, 3.63) is 29.8 Å². The molecular weight excluding hydrogens is 344 g/mol. The maximum atomic E-state index is 12.9. The van der Waals surface area contributed by atoms with Gasteiger partial charge in [-0.1, -0.05) is 12.1 Å². The van der Waals surface area contributed by atoms with Crippen LogP contribution in [0.1, 0.15) is 39.2 Å². The molecular formula is C21H32N2O4. The lowest BCUT2D eigenvalue weighted by Gasteiger charge is -2.49. The Morgan fingerprint density at radius 1 is 1.22 bits per heavy atom. The minimum atomic E-state index is -0.523. The van der Waals surface area contributed by atoms with Crippen LogP contribution in [0.2, 0.25) is 0 Å². The zero-order valence-corrected chi connectivity index (χ0v) is 16.9. The van der Waals surface area contributed by atoms with Crippen LogP contribution in [0.4, 0.5) is 4.79 Å². The largest absolute Gasteiger partial charge is 0.497 e. The van der Waals surface area contributed by atoms with Crippen LogP contribution in [0.15, 0.2) is 24.3 Å². The van der Waals surface area contributed by atoms with Gasteiger partial charge < -0.3 is 19.5 Å². The number of carbonyl (C=O) groups excluding carboxylic acids is 1. The van der Waals surface area contributed by atoms with E-state index in [4.69, 9.17) is 9.47 Å². The highest BCUT2D eigenvalue weighted by atomic mass is 16.6. The molecule has 3 rings (SSSR count). The second-order valence-electron chi connectivity index (χ2n) is 8.67. The third-order valence-electron chi connectivity index (χ3n) is 5.36. The Hall–Kier alpha value is -1.79. The second kappa shape index (κ2) is 8.07. The lowest BCUT2D eigenvalue weighted by Crippen LogP contribution is -2.63. The summed E-state index contributed by atoms with van der Waals surface area (Å²) in [6, 6.07) is 8.27. The fourth-order valence-electron chi connectivity index (χ4n) is 4.01. The molecule has 6 nitrogen and oxygen atoms in total. The van der Waals surface area contributed by atoms with Crippen LogP contribution in [0.5, 0.6) is 5.75 Å². The highest BCUT2D eigenvalue weighted by Gasteiger charge is 2.40. The number of aliphatic hydroxyl groups excluding tert-OH is 1. The first-order valence-corrected chi connectivity index (χ1v) is 9.80. The number of piperidine rings is 1. The van der Waals surface area contributed by atoms with Crippen molar-refractivity contribution in [1.29, 1.82) is 0 Å². The standard InChI is InChI=1S/C21H32N2O4/c1-21(2,3)27-20(25)23-14-16-12-18(24)9-10-22(16)13-17(23)11-15-5-7-19(26-4)8-6-15/h5-8,16-18,24H,9-14H2,1-4H3/t16-,17+,18+/m1/s1. The maximum absolute atomic E-state index is 12.9. The Kier molecular flexibility index (Phi) is 5.96. The predicted molar refractivity (Wildman–Crippen MR) is 104 cm³/mol. The molecule has 2 heterocycles. The molecule has 0 bridgehead atoms. The third-order valence-corrected chi connectivity index (χ3v) is 5.36. The Morgan fingerprint density at radius 2 is 1.93 bits per heavy atom.